The fourth-order valence-corrected chi connectivity index (χ4v) is 2.27. The monoisotopic (exact) mass is 303 g/mol. The Morgan fingerprint density at radius 3 is 2.48 bits per heavy atom. The molecule has 108 valence electrons. The smallest absolute Gasteiger partial charge is 0.176 e. The lowest BCUT2D eigenvalue weighted by molar-refractivity contribution is -0.695. The molecule has 3 rings (SSSR count). The number of aryl methyl sites for hydroxylation is 2. The molecule has 0 aliphatic rings. The summed E-state index contributed by atoms with van der Waals surface area (Å²) >= 11 is 0. The van der Waals surface area contributed by atoms with Gasteiger partial charge in [0.15, 0.2) is 18.9 Å². The molecule has 0 radical (unpaired) electrons. The highest BCUT2D eigenvalue weighted by molar-refractivity contribution is 5.81. The van der Waals surface area contributed by atoms with Crippen molar-refractivity contribution in [2.75, 3.05) is 0 Å². The topological polar surface area (TPSA) is 24.1 Å². The molecule has 0 saturated carbocycles. The number of hydrogen-bond donors (Lipinski definition) is 1. The molecule has 1 aromatic heterocycles. The molecule has 21 heavy (non-hydrogen) atoms. The fraction of sp³-hybridized carbons (Fsp3) is 0.118. The van der Waals surface area contributed by atoms with Crippen LogP contribution >= 0.6 is 0 Å². The van der Waals surface area contributed by atoms with E-state index in [1.165, 1.54) is 12.1 Å². The summed E-state index contributed by atoms with van der Waals surface area (Å²) in [5.74, 6) is 0.0661. The molecule has 3 aromatic rings. The second kappa shape index (κ2) is 6.55. The van der Waals surface area contributed by atoms with Crippen molar-refractivity contribution < 1.29 is 26.5 Å². The Bertz CT molecular complexity index is 743. The molecule has 0 saturated heterocycles. The molecule has 0 bridgehead atoms. The van der Waals surface area contributed by atoms with Crippen LogP contribution in [0.1, 0.15) is 5.56 Å². The molecule has 4 heteroatoms. The number of nitrogens with zero attached hydrogens (tertiary/aromatic N) is 1. The number of hydrogen-bond acceptors (Lipinski definition) is 1. The zero-order chi connectivity index (χ0) is 13.9. The normalized spacial score (nSPS) is 10.3. The maximum Gasteiger partial charge on any atom is 0.176 e. The van der Waals surface area contributed by atoms with Gasteiger partial charge in [-0.1, -0.05) is 18.2 Å². The first-order chi connectivity index (χ1) is 9.70. The van der Waals surface area contributed by atoms with Gasteiger partial charge in [-0.15, -0.1) is 0 Å². The van der Waals surface area contributed by atoms with Gasteiger partial charge in [0.2, 0.25) is 0 Å². The lowest BCUT2D eigenvalue weighted by atomic mass is 10.1. The highest BCUT2D eigenvalue weighted by Crippen LogP contribution is 2.17. The number of phenolic OH excluding ortho intramolecular Hbond substituents is 1. The minimum atomic E-state index is -0.206. The second-order valence-electron chi connectivity index (χ2n) is 4.87. The van der Waals surface area contributed by atoms with Gasteiger partial charge in [0, 0.05) is 17.9 Å². The van der Waals surface area contributed by atoms with Gasteiger partial charge in [-0.05, 0) is 35.2 Å². The molecule has 0 atom stereocenters. The van der Waals surface area contributed by atoms with Gasteiger partial charge in [-0.2, -0.15) is 0 Å². The third-order valence-electron chi connectivity index (χ3n) is 3.39. The Balaban J connectivity index is 0.00000161. The molecule has 1 N–H and O–H groups in total. The van der Waals surface area contributed by atoms with Gasteiger partial charge in [0.05, 0.1) is 0 Å². The van der Waals surface area contributed by atoms with Crippen LogP contribution in [-0.4, -0.2) is 5.11 Å². The Morgan fingerprint density at radius 1 is 0.952 bits per heavy atom. The van der Waals surface area contributed by atoms with Crippen LogP contribution in [0.5, 0.6) is 5.75 Å². The van der Waals surface area contributed by atoms with Crippen molar-refractivity contribution in [3.63, 3.8) is 0 Å². The molecule has 0 amide bonds. The maximum atomic E-state index is 12.8. The van der Waals surface area contributed by atoms with Crippen molar-refractivity contribution in [2.24, 2.45) is 0 Å². The van der Waals surface area contributed by atoms with Crippen LogP contribution in [0.2, 0.25) is 0 Å². The minimum Gasteiger partial charge on any atom is -1.00 e. The SMILES string of the molecule is Oc1ccc2cc[n+](CCc3ccc(F)cc3)cc2c1.[Cl-]. The number of halogens is 2. The first-order valence-electron chi connectivity index (χ1n) is 6.57. The number of benzene rings is 2. The number of fused-ring (bicyclic) bond motifs is 1. The highest BCUT2D eigenvalue weighted by atomic mass is 35.5. The average molecular weight is 304 g/mol. The summed E-state index contributed by atoms with van der Waals surface area (Å²) in [4.78, 5) is 0. The van der Waals surface area contributed by atoms with Crippen LogP contribution in [0.3, 0.4) is 0 Å². The van der Waals surface area contributed by atoms with Crippen LogP contribution in [0.4, 0.5) is 4.39 Å². The molecule has 2 aromatic carbocycles. The van der Waals surface area contributed by atoms with Gasteiger partial charge in [-0.25, -0.2) is 8.96 Å². The summed E-state index contributed by atoms with van der Waals surface area (Å²) in [5, 5.41) is 11.6. The summed E-state index contributed by atoms with van der Waals surface area (Å²) in [5.41, 5.74) is 1.11. The van der Waals surface area contributed by atoms with Crippen molar-refractivity contribution in [3.8, 4) is 5.75 Å². The summed E-state index contributed by atoms with van der Waals surface area (Å²) in [7, 11) is 0. The molecular weight excluding hydrogens is 289 g/mol. The first kappa shape index (κ1) is 15.3. The maximum absolute atomic E-state index is 12.8. The minimum absolute atomic E-state index is 0. The van der Waals surface area contributed by atoms with Crippen LogP contribution < -0.4 is 17.0 Å². The van der Waals surface area contributed by atoms with E-state index in [1.807, 2.05) is 36.7 Å². The Hall–Kier alpha value is -2.13. The number of aromatic nitrogens is 1. The second-order valence-corrected chi connectivity index (χ2v) is 4.87. The fourth-order valence-electron chi connectivity index (χ4n) is 2.27. The first-order valence-corrected chi connectivity index (χ1v) is 6.57. The Labute approximate surface area is 128 Å². The average Bonchev–Trinajstić information content (AvgIpc) is 2.46. The molecule has 0 spiro atoms. The number of aromatic hydroxyl groups is 1. The lowest BCUT2D eigenvalue weighted by Gasteiger charge is -2.01. The molecule has 0 unspecified atom stereocenters. The van der Waals surface area contributed by atoms with Gasteiger partial charge >= 0.3 is 0 Å². The van der Waals surface area contributed by atoms with Crippen molar-refractivity contribution in [1.29, 1.82) is 0 Å². The van der Waals surface area contributed by atoms with Crippen LogP contribution in [-0.2, 0) is 13.0 Å². The van der Waals surface area contributed by atoms with E-state index >= 15 is 0 Å². The third-order valence-corrected chi connectivity index (χ3v) is 3.39. The lowest BCUT2D eigenvalue weighted by Crippen LogP contribution is -3.00. The van der Waals surface area contributed by atoms with Crippen molar-refractivity contribution >= 4 is 10.8 Å². The van der Waals surface area contributed by atoms with Crippen molar-refractivity contribution in [3.05, 3.63) is 72.3 Å². The number of phenols is 1. The summed E-state index contributed by atoms with van der Waals surface area (Å²) in [6, 6.07) is 14.0. The standard InChI is InChI=1S/C17H14FNO.ClH/c18-16-4-1-13(2-5-16)7-9-19-10-8-14-3-6-17(20)11-15(14)12-19;/h1-6,8,10-12H,7,9H2;1H. The summed E-state index contributed by atoms with van der Waals surface area (Å²) in [6.07, 6.45) is 4.87. The van der Waals surface area contributed by atoms with Crippen LogP contribution in [0.15, 0.2) is 60.9 Å². The highest BCUT2D eigenvalue weighted by Gasteiger charge is 2.05. The van der Waals surface area contributed by atoms with E-state index in [4.69, 9.17) is 0 Å². The van der Waals surface area contributed by atoms with E-state index < -0.39 is 0 Å². The van der Waals surface area contributed by atoms with E-state index in [0.29, 0.717) is 0 Å². The number of pyridine rings is 1. The van der Waals surface area contributed by atoms with E-state index in [2.05, 4.69) is 4.57 Å². The van der Waals surface area contributed by atoms with Crippen LogP contribution in [0.25, 0.3) is 10.8 Å². The predicted molar refractivity (Wildman–Crippen MR) is 75.9 cm³/mol. The van der Waals surface area contributed by atoms with Crippen molar-refractivity contribution in [1.82, 2.24) is 0 Å². The Morgan fingerprint density at radius 2 is 1.71 bits per heavy atom. The molecule has 1 heterocycles. The zero-order valence-corrected chi connectivity index (χ0v) is 12.1. The van der Waals surface area contributed by atoms with E-state index in [0.717, 1.165) is 29.3 Å². The van der Waals surface area contributed by atoms with Crippen molar-refractivity contribution in [2.45, 2.75) is 13.0 Å². The van der Waals surface area contributed by atoms with Crippen LogP contribution in [0, 0.1) is 5.82 Å². The van der Waals surface area contributed by atoms with Gasteiger partial charge in [0.25, 0.3) is 0 Å². The predicted octanol–water partition coefficient (Wildman–Crippen LogP) is 0.219. The molecule has 0 fully saturated rings. The molecule has 2 nitrogen and oxygen atoms in total. The quantitative estimate of drug-likeness (QED) is 0.688. The van der Waals surface area contributed by atoms with Gasteiger partial charge in [-0.3, -0.25) is 0 Å². The number of rotatable bonds is 3. The zero-order valence-electron chi connectivity index (χ0n) is 11.3. The van der Waals surface area contributed by atoms with Gasteiger partial charge < -0.3 is 17.5 Å². The largest absolute Gasteiger partial charge is 1.00 e. The Kier molecular flexibility index (Phi) is 4.76. The molecular formula is C17H15ClFNO. The summed E-state index contributed by atoms with van der Waals surface area (Å²) < 4.78 is 14.9. The van der Waals surface area contributed by atoms with E-state index in [9.17, 15) is 9.50 Å². The summed E-state index contributed by atoms with van der Waals surface area (Å²) in [6.45, 7) is 0.817. The van der Waals surface area contributed by atoms with E-state index in [1.54, 1.807) is 12.1 Å². The third kappa shape index (κ3) is 3.70. The molecule has 0 aliphatic carbocycles. The molecule has 0 aliphatic heterocycles. The van der Waals surface area contributed by atoms with E-state index in [-0.39, 0.29) is 24.0 Å². The van der Waals surface area contributed by atoms with Gasteiger partial charge in [0.1, 0.15) is 11.6 Å².